The maximum atomic E-state index is 13.6. The summed E-state index contributed by atoms with van der Waals surface area (Å²) in [5, 5.41) is 0. The van der Waals surface area contributed by atoms with Gasteiger partial charge in [0.05, 0.1) is 4.91 Å². The third-order valence-corrected chi connectivity index (χ3v) is 7.72. The Bertz CT molecular complexity index is 1410. The van der Waals surface area contributed by atoms with Crippen LogP contribution in [0.1, 0.15) is 67.7 Å². The number of nitrogens with zero attached hydrogens (tertiary/aromatic N) is 3. The highest BCUT2D eigenvalue weighted by atomic mass is 32.2. The minimum atomic E-state index is -0.297. The summed E-state index contributed by atoms with van der Waals surface area (Å²) in [7, 11) is 0. The summed E-state index contributed by atoms with van der Waals surface area (Å²) in [6.45, 7) is 8.66. The van der Waals surface area contributed by atoms with E-state index < -0.39 is 0 Å². The molecule has 4 rings (SSSR count). The maximum Gasteiger partial charge on any atom is 0.269 e. The Hall–Kier alpha value is -2.97. The molecule has 3 heterocycles. The second kappa shape index (κ2) is 12.0. The van der Waals surface area contributed by atoms with E-state index in [1.807, 2.05) is 39.0 Å². The molecular weight excluding hydrogens is 502 g/mol. The number of benzene rings is 1. The van der Waals surface area contributed by atoms with Crippen molar-refractivity contribution in [3.05, 3.63) is 74.0 Å². The van der Waals surface area contributed by atoms with E-state index in [9.17, 15) is 9.59 Å². The minimum absolute atomic E-state index is 0.172. The van der Waals surface area contributed by atoms with Gasteiger partial charge in [-0.3, -0.25) is 18.9 Å². The summed E-state index contributed by atoms with van der Waals surface area (Å²) in [6, 6.07) is 9.56. The van der Waals surface area contributed by atoms with Crippen molar-refractivity contribution in [1.29, 1.82) is 0 Å². The Morgan fingerprint density at radius 1 is 1.03 bits per heavy atom. The number of aromatic nitrogens is 2. The quantitative estimate of drug-likeness (QED) is 0.159. The molecule has 3 aromatic rings. The fourth-order valence-electron chi connectivity index (χ4n) is 4.47. The van der Waals surface area contributed by atoms with Crippen molar-refractivity contribution < 1.29 is 9.53 Å². The van der Waals surface area contributed by atoms with Crippen LogP contribution >= 0.6 is 24.0 Å². The van der Waals surface area contributed by atoms with Gasteiger partial charge in [-0.15, -0.1) is 0 Å². The van der Waals surface area contributed by atoms with E-state index in [0.717, 1.165) is 36.0 Å². The first kappa shape index (κ1) is 27.1. The first-order valence-electron chi connectivity index (χ1n) is 12.8. The first-order chi connectivity index (χ1) is 17.8. The lowest BCUT2D eigenvalue weighted by Crippen LogP contribution is -2.29. The van der Waals surface area contributed by atoms with Gasteiger partial charge in [-0.25, -0.2) is 0 Å². The van der Waals surface area contributed by atoms with Gasteiger partial charge in [0.2, 0.25) is 5.88 Å². The molecule has 1 saturated heterocycles. The molecule has 0 aliphatic carbocycles. The molecule has 1 aromatic carbocycles. The molecule has 0 unspecified atom stereocenters. The van der Waals surface area contributed by atoms with Crippen molar-refractivity contribution >= 4 is 45.9 Å². The number of unbranched alkanes of at least 4 members (excludes halogenated alkanes) is 5. The molecule has 0 spiro atoms. The Labute approximate surface area is 227 Å². The molecule has 8 heteroatoms. The Balaban J connectivity index is 1.68. The number of carbonyl (C=O) groups is 1. The van der Waals surface area contributed by atoms with Crippen molar-refractivity contribution in [3.8, 4) is 11.6 Å². The molecule has 1 fully saturated rings. The minimum Gasteiger partial charge on any atom is -0.438 e. The predicted molar refractivity (Wildman–Crippen MR) is 155 cm³/mol. The number of thiocarbonyl (C=S) groups is 1. The maximum absolute atomic E-state index is 13.6. The van der Waals surface area contributed by atoms with Crippen molar-refractivity contribution in [2.45, 2.75) is 66.2 Å². The number of amides is 1. The molecule has 2 aromatic heterocycles. The molecule has 0 saturated carbocycles. The zero-order valence-corrected chi connectivity index (χ0v) is 23.5. The van der Waals surface area contributed by atoms with E-state index >= 15 is 0 Å². The fourth-order valence-corrected chi connectivity index (χ4v) is 5.76. The molecule has 6 nitrogen and oxygen atoms in total. The van der Waals surface area contributed by atoms with Gasteiger partial charge < -0.3 is 4.74 Å². The van der Waals surface area contributed by atoms with Crippen LogP contribution in [0.25, 0.3) is 11.7 Å². The summed E-state index contributed by atoms with van der Waals surface area (Å²) in [4.78, 5) is 33.6. The number of ether oxygens (including phenoxy) is 1. The van der Waals surface area contributed by atoms with Crippen LogP contribution in [0.3, 0.4) is 0 Å². The molecule has 0 radical (unpaired) electrons. The normalized spacial score (nSPS) is 14.8. The zero-order chi connectivity index (χ0) is 26.5. The van der Waals surface area contributed by atoms with Crippen molar-refractivity contribution in [1.82, 2.24) is 14.3 Å². The summed E-state index contributed by atoms with van der Waals surface area (Å²) in [6.07, 6.45) is 10.1. The van der Waals surface area contributed by atoms with Gasteiger partial charge in [-0.2, -0.15) is 4.98 Å². The van der Waals surface area contributed by atoms with Gasteiger partial charge in [0, 0.05) is 12.7 Å². The molecule has 0 bridgehead atoms. The van der Waals surface area contributed by atoms with Gasteiger partial charge >= 0.3 is 0 Å². The summed E-state index contributed by atoms with van der Waals surface area (Å²) in [5.74, 6) is 0.591. The largest absolute Gasteiger partial charge is 0.438 e. The highest BCUT2D eigenvalue weighted by Crippen LogP contribution is 2.34. The average Bonchev–Trinajstić information content (AvgIpc) is 3.11. The Morgan fingerprint density at radius 3 is 2.46 bits per heavy atom. The van der Waals surface area contributed by atoms with Crippen LogP contribution in [0.15, 0.2) is 46.2 Å². The van der Waals surface area contributed by atoms with Crippen LogP contribution in [0.5, 0.6) is 11.6 Å². The molecule has 194 valence electrons. The molecule has 37 heavy (non-hydrogen) atoms. The standard InChI is InChI=1S/C29H33N3O3S2/c1-5-6-7-8-9-10-13-32-28(34)24(37-29(32)36)18-23-26(35-22-16-19(2)15-20(3)17-22)30-25-21(4)12-11-14-31(25)27(23)33/h11-12,14-18H,5-10,13H2,1-4H3/b24-18+. The fraction of sp³-hybridized carbons (Fsp3) is 0.379. The number of thioether (sulfide) groups is 1. The van der Waals surface area contributed by atoms with Crippen LogP contribution in [0.2, 0.25) is 0 Å². The molecule has 0 N–H and O–H groups in total. The molecular formula is C29H33N3O3S2. The third-order valence-electron chi connectivity index (χ3n) is 6.34. The van der Waals surface area contributed by atoms with E-state index in [0.29, 0.717) is 27.2 Å². The zero-order valence-electron chi connectivity index (χ0n) is 21.9. The summed E-state index contributed by atoms with van der Waals surface area (Å²) < 4.78 is 8.20. The van der Waals surface area contributed by atoms with Crippen LogP contribution in [0.4, 0.5) is 0 Å². The smallest absolute Gasteiger partial charge is 0.269 e. The lowest BCUT2D eigenvalue weighted by molar-refractivity contribution is -0.122. The van der Waals surface area contributed by atoms with Gasteiger partial charge in [-0.1, -0.05) is 75.1 Å². The molecule has 1 amide bonds. The average molecular weight is 536 g/mol. The van der Waals surface area contributed by atoms with Crippen LogP contribution < -0.4 is 10.3 Å². The number of carbonyl (C=O) groups excluding carboxylic acids is 1. The molecule has 0 atom stereocenters. The Kier molecular flexibility index (Phi) is 8.82. The second-order valence-corrected chi connectivity index (χ2v) is 11.2. The number of hydrogen-bond acceptors (Lipinski definition) is 6. The van der Waals surface area contributed by atoms with E-state index in [4.69, 9.17) is 21.9 Å². The number of aryl methyl sites for hydroxylation is 3. The van der Waals surface area contributed by atoms with Gasteiger partial charge in [0.1, 0.15) is 21.3 Å². The second-order valence-electron chi connectivity index (χ2n) is 9.55. The monoisotopic (exact) mass is 535 g/mol. The van der Waals surface area contributed by atoms with Crippen molar-refractivity contribution in [2.75, 3.05) is 6.54 Å². The Morgan fingerprint density at radius 2 is 1.73 bits per heavy atom. The van der Waals surface area contributed by atoms with Crippen LogP contribution in [-0.4, -0.2) is 31.1 Å². The van der Waals surface area contributed by atoms with E-state index in [1.54, 1.807) is 23.2 Å². The highest BCUT2D eigenvalue weighted by Gasteiger charge is 2.32. The lowest BCUT2D eigenvalue weighted by atomic mass is 10.1. The van der Waals surface area contributed by atoms with Crippen LogP contribution in [-0.2, 0) is 4.79 Å². The van der Waals surface area contributed by atoms with Crippen LogP contribution in [0, 0.1) is 20.8 Å². The highest BCUT2D eigenvalue weighted by molar-refractivity contribution is 8.26. The lowest BCUT2D eigenvalue weighted by Gasteiger charge is -2.14. The van der Waals surface area contributed by atoms with Gasteiger partial charge in [0.15, 0.2) is 0 Å². The van der Waals surface area contributed by atoms with Gasteiger partial charge in [0.25, 0.3) is 11.5 Å². The topological polar surface area (TPSA) is 63.9 Å². The van der Waals surface area contributed by atoms with Crippen molar-refractivity contribution in [2.24, 2.45) is 0 Å². The molecule has 1 aliphatic heterocycles. The van der Waals surface area contributed by atoms with Crippen molar-refractivity contribution in [3.63, 3.8) is 0 Å². The number of fused-ring (bicyclic) bond motifs is 1. The van der Waals surface area contributed by atoms with Gasteiger partial charge in [-0.05, 0) is 68.2 Å². The van der Waals surface area contributed by atoms with E-state index in [2.05, 4.69) is 13.0 Å². The number of hydrogen-bond donors (Lipinski definition) is 0. The third kappa shape index (κ3) is 6.30. The predicted octanol–water partition coefficient (Wildman–Crippen LogP) is 6.97. The first-order valence-corrected chi connectivity index (χ1v) is 14.0. The van der Waals surface area contributed by atoms with E-state index in [1.165, 1.54) is 35.4 Å². The summed E-state index contributed by atoms with van der Waals surface area (Å²) in [5.41, 5.74) is 3.37. The number of pyridine rings is 1. The SMILES string of the molecule is CCCCCCCCN1C(=O)/C(=C\c2c(Oc3cc(C)cc(C)c3)nc3c(C)cccn3c2=O)SC1=S. The number of rotatable bonds is 10. The molecule has 1 aliphatic rings. The van der Waals surface area contributed by atoms with E-state index in [-0.39, 0.29) is 22.9 Å². The summed E-state index contributed by atoms with van der Waals surface area (Å²) >= 11 is 6.74.